The predicted molar refractivity (Wildman–Crippen MR) is 112 cm³/mol. The summed E-state index contributed by atoms with van der Waals surface area (Å²) in [7, 11) is 0. The molecule has 2 aromatic rings. The minimum absolute atomic E-state index is 0.166. The Morgan fingerprint density at radius 3 is 2.25 bits per heavy atom. The Balaban J connectivity index is 1.75. The van der Waals surface area contributed by atoms with Crippen molar-refractivity contribution < 1.29 is 19.1 Å². The van der Waals surface area contributed by atoms with Crippen LogP contribution in [0.3, 0.4) is 0 Å². The first-order chi connectivity index (χ1) is 13.3. The number of rotatable bonds is 8. The average Bonchev–Trinajstić information content (AvgIpc) is 2.64. The summed E-state index contributed by atoms with van der Waals surface area (Å²) in [6.45, 7) is 2.93. The Hall–Kier alpha value is -2.51. The first-order valence-corrected chi connectivity index (χ1v) is 9.97. The molecule has 2 amide bonds. The normalized spacial score (nSPS) is 11.4. The molecule has 0 saturated carbocycles. The van der Waals surface area contributed by atoms with Gasteiger partial charge in [0.05, 0.1) is 11.4 Å². The largest absolute Gasteiger partial charge is 0.453 e. The SMILES string of the molecule is CC(=O)Nc1ccc(NC(=O)[C@@H](C)OC(=O)CCSc2ccccc2Cl)cc1. The van der Waals surface area contributed by atoms with Crippen LogP contribution in [-0.4, -0.2) is 29.6 Å². The highest BCUT2D eigenvalue weighted by molar-refractivity contribution is 7.99. The number of benzene rings is 2. The highest BCUT2D eigenvalue weighted by atomic mass is 35.5. The van der Waals surface area contributed by atoms with Gasteiger partial charge < -0.3 is 15.4 Å². The Morgan fingerprint density at radius 1 is 1.04 bits per heavy atom. The van der Waals surface area contributed by atoms with Gasteiger partial charge in [0.2, 0.25) is 5.91 Å². The number of carbonyl (C=O) groups is 3. The van der Waals surface area contributed by atoms with Crippen molar-refractivity contribution >= 4 is 52.5 Å². The molecule has 148 valence electrons. The van der Waals surface area contributed by atoms with Crippen LogP contribution in [0.15, 0.2) is 53.4 Å². The van der Waals surface area contributed by atoms with Gasteiger partial charge >= 0.3 is 5.97 Å². The lowest BCUT2D eigenvalue weighted by molar-refractivity contribution is -0.152. The third-order valence-electron chi connectivity index (χ3n) is 3.55. The van der Waals surface area contributed by atoms with Crippen LogP contribution >= 0.6 is 23.4 Å². The van der Waals surface area contributed by atoms with E-state index in [0.29, 0.717) is 22.2 Å². The van der Waals surface area contributed by atoms with Gasteiger partial charge in [-0.2, -0.15) is 0 Å². The van der Waals surface area contributed by atoms with Crippen molar-refractivity contribution in [3.8, 4) is 0 Å². The van der Waals surface area contributed by atoms with Gasteiger partial charge in [0, 0.05) is 28.9 Å². The smallest absolute Gasteiger partial charge is 0.307 e. The van der Waals surface area contributed by atoms with E-state index in [2.05, 4.69) is 10.6 Å². The van der Waals surface area contributed by atoms with E-state index in [-0.39, 0.29) is 12.3 Å². The van der Waals surface area contributed by atoms with Crippen LogP contribution in [0.1, 0.15) is 20.3 Å². The molecule has 0 aliphatic heterocycles. The Labute approximate surface area is 173 Å². The maximum absolute atomic E-state index is 12.2. The fourth-order valence-corrected chi connectivity index (χ4v) is 3.37. The van der Waals surface area contributed by atoms with Crippen molar-refractivity contribution in [2.45, 2.75) is 31.3 Å². The zero-order valence-corrected chi connectivity index (χ0v) is 17.1. The minimum atomic E-state index is -0.923. The summed E-state index contributed by atoms with van der Waals surface area (Å²) in [5.41, 5.74) is 1.16. The molecule has 0 bridgehead atoms. The van der Waals surface area contributed by atoms with Crippen LogP contribution in [0.4, 0.5) is 11.4 Å². The molecule has 0 heterocycles. The summed E-state index contributed by atoms with van der Waals surface area (Å²) in [6.07, 6.45) is -0.758. The predicted octanol–water partition coefficient (Wildman–Crippen LogP) is 4.35. The standard InChI is InChI=1S/C20H21ClN2O4S/c1-13(20(26)23-16-9-7-15(8-10-16)22-14(2)24)27-19(25)11-12-28-18-6-4-3-5-17(18)21/h3-10,13H,11-12H2,1-2H3,(H,22,24)(H,23,26)/t13-/m1/s1. The number of halogens is 1. The average molecular weight is 421 g/mol. The highest BCUT2D eigenvalue weighted by Gasteiger charge is 2.18. The van der Waals surface area contributed by atoms with Gasteiger partial charge in [0.15, 0.2) is 6.10 Å². The van der Waals surface area contributed by atoms with Gasteiger partial charge in [-0.05, 0) is 43.3 Å². The second kappa shape index (κ2) is 10.7. The molecule has 28 heavy (non-hydrogen) atoms. The number of amides is 2. The summed E-state index contributed by atoms with van der Waals surface area (Å²) >= 11 is 7.52. The van der Waals surface area contributed by atoms with E-state index in [1.807, 2.05) is 18.2 Å². The van der Waals surface area contributed by atoms with Crippen molar-refractivity contribution in [2.24, 2.45) is 0 Å². The zero-order chi connectivity index (χ0) is 20.5. The van der Waals surface area contributed by atoms with Gasteiger partial charge in [0.1, 0.15) is 0 Å². The van der Waals surface area contributed by atoms with E-state index in [1.165, 1.54) is 25.6 Å². The summed E-state index contributed by atoms with van der Waals surface area (Å²) in [6, 6.07) is 14.0. The molecule has 2 aromatic carbocycles. The zero-order valence-electron chi connectivity index (χ0n) is 15.5. The van der Waals surface area contributed by atoms with Crippen LogP contribution in [0.2, 0.25) is 5.02 Å². The van der Waals surface area contributed by atoms with Crippen molar-refractivity contribution in [3.05, 3.63) is 53.6 Å². The van der Waals surface area contributed by atoms with Gasteiger partial charge in [-0.25, -0.2) is 0 Å². The molecule has 0 aliphatic carbocycles. The summed E-state index contributed by atoms with van der Waals surface area (Å²) in [4.78, 5) is 36.0. The molecule has 2 rings (SSSR count). The summed E-state index contributed by atoms with van der Waals surface area (Å²) in [5, 5.41) is 5.94. The number of hydrogen-bond donors (Lipinski definition) is 2. The lowest BCUT2D eigenvalue weighted by Crippen LogP contribution is -2.30. The molecule has 0 saturated heterocycles. The molecular weight excluding hydrogens is 400 g/mol. The molecule has 8 heteroatoms. The van der Waals surface area contributed by atoms with Gasteiger partial charge in [0.25, 0.3) is 5.91 Å². The fourth-order valence-electron chi connectivity index (χ4n) is 2.20. The third kappa shape index (κ3) is 7.25. The lowest BCUT2D eigenvalue weighted by atomic mass is 10.2. The number of carbonyl (C=O) groups excluding carboxylic acids is 3. The first kappa shape index (κ1) is 21.8. The van der Waals surface area contributed by atoms with Crippen LogP contribution in [0.25, 0.3) is 0 Å². The molecule has 0 spiro atoms. The molecule has 0 unspecified atom stereocenters. The van der Waals surface area contributed by atoms with Gasteiger partial charge in [-0.15, -0.1) is 11.8 Å². The number of nitrogens with one attached hydrogen (secondary N) is 2. The Bertz CT molecular complexity index is 842. The minimum Gasteiger partial charge on any atom is -0.453 e. The summed E-state index contributed by atoms with van der Waals surface area (Å²) < 4.78 is 5.17. The topological polar surface area (TPSA) is 84.5 Å². The highest BCUT2D eigenvalue weighted by Crippen LogP contribution is 2.27. The fraction of sp³-hybridized carbons (Fsp3) is 0.250. The van der Waals surface area contributed by atoms with Gasteiger partial charge in [-0.1, -0.05) is 23.7 Å². The lowest BCUT2D eigenvalue weighted by Gasteiger charge is -2.14. The van der Waals surface area contributed by atoms with Gasteiger partial charge in [-0.3, -0.25) is 14.4 Å². The molecule has 0 aromatic heterocycles. The van der Waals surface area contributed by atoms with E-state index in [0.717, 1.165) is 4.90 Å². The van der Waals surface area contributed by atoms with E-state index < -0.39 is 18.0 Å². The first-order valence-electron chi connectivity index (χ1n) is 8.60. The van der Waals surface area contributed by atoms with E-state index >= 15 is 0 Å². The maximum Gasteiger partial charge on any atom is 0.307 e. The molecule has 0 aliphatic rings. The molecule has 0 radical (unpaired) electrons. The van der Waals surface area contributed by atoms with Crippen LogP contribution < -0.4 is 10.6 Å². The second-order valence-electron chi connectivity index (χ2n) is 5.91. The monoisotopic (exact) mass is 420 g/mol. The molecule has 6 nitrogen and oxygen atoms in total. The number of hydrogen-bond acceptors (Lipinski definition) is 5. The second-order valence-corrected chi connectivity index (χ2v) is 7.45. The van der Waals surface area contributed by atoms with E-state index in [9.17, 15) is 14.4 Å². The van der Waals surface area contributed by atoms with Crippen LogP contribution in [0, 0.1) is 0 Å². The van der Waals surface area contributed by atoms with Crippen LogP contribution in [0.5, 0.6) is 0 Å². The van der Waals surface area contributed by atoms with Crippen molar-refractivity contribution in [2.75, 3.05) is 16.4 Å². The quantitative estimate of drug-likeness (QED) is 0.490. The van der Waals surface area contributed by atoms with E-state index in [4.69, 9.17) is 16.3 Å². The number of esters is 1. The number of anilines is 2. The molecule has 2 N–H and O–H groups in total. The number of ether oxygens (including phenoxy) is 1. The summed E-state index contributed by atoms with van der Waals surface area (Å²) in [5.74, 6) is -0.561. The van der Waals surface area contributed by atoms with Crippen molar-refractivity contribution in [1.82, 2.24) is 0 Å². The van der Waals surface area contributed by atoms with Crippen molar-refractivity contribution in [3.63, 3.8) is 0 Å². The molecule has 1 atom stereocenters. The number of thioether (sulfide) groups is 1. The molecule has 0 fully saturated rings. The van der Waals surface area contributed by atoms with Crippen molar-refractivity contribution in [1.29, 1.82) is 0 Å². The Morgan fingerprint density at radius 2 is 1.64 bits per heavy atom. The third-order valence-corrected chi connectivity index (χ3v) is 5.07. The maximum atomic E-state index is 12.2. The molecular formula is C20H21ClN2O4S. The Kier molecular flexibility index (Phi) is 8.35. The van der Waals surface area contributed by atoms with Crippen LogP contribution in [-0.2, 0) is 19.1 Å². The van der Waals surface area contributed by atoms with E-state index in [1.54, 1.807) is 30.3 Å².